The molecule has 0 saturated carbocycles. The number of carbonyl (C=O) groups is 1. The van der Waals surface area contributed by atoms with Crippen molar-refractivity contribution in [1.82, 2.24) is 0 Å². The van der Waals surface area contributed by atoms with Gasteiger partial charge in [0.1, 0.15) is 13.1 Å². The van der Waals surface area contributed by atoms with Crippen molar-refractivity contribution >= 4 is 5.97 Å². The maximum atomic E-state index is 10.0. The number of nitrogens with two attached hydrogens (primary N) is 2. The molecule has 0 spiro atoms. The molecule has 1 atom stereocenters. The number of hydrogen-bond acceptors (Lipinski definition) is 5. The minimum absolute atomic E-state index is 0.417. The Morgan fingerprint density at radius 2 is 1.11 bits per heavy atom. The Morgan fingerprint density at radius 1 is 0.778 bits per heavy atom. The molecular formula is C29H52N4O3. The van der Waals surface area contributed by atoms with E-state index < -0.39 is 18.1 Å². The van der Waals surface area contributed by atoms with Crippen LogP contribution >= 0.6 is 0 Å². The third kappa shape index (κ3) is 28.0. The van der Waals surface area contributed by atoms with E-state index in [9.17, 15) is 15.0 Å². The fourth-order valence-electron chi connectivity index (χ4n) is 2.89. The predicted molar refractivity (Wildman–Crippen MR) is 147 cm³/mol. The molecule has 4 N–H and O–H groups in total. The first-order valence-electron chi connectivity index (χ1n) is 12.6. The highest BCUT2D eigenvalue weighted by atomic mass is 16.4. The topological polar surface area (TPSA) is 115 Å². The summed E-state index contributed by atoms with van der Waals surface area (Å²) in [6.45, 7) is 6.00. The molecule has 2 rings (SSSR count). The van der Waals surface area contributed by atoms with Gasteiger partial charge in [-0.1, -0.05) is 80.9 Å². The summed E-state index contributed by atoms with van der Waals surface area (Å²) in [5.41, 5.74) is 13.1. The van der Waals surface area contributed by atoms with Gasteiger partial charge in [-0.15, -0.1) is 6.10 Å². The SMILES string of the molecule is CC(C)[O-].C[N+](C)(C)Cc1ccccc1.C[N+](C)(C)Cc1ccccc1.NCCCC[C@H](N)C(=O)[O-]. The summed E-state index contributed by atoms with van der Waals surface area (Å²) < 4.78 is 1.98. The molecule has 206 valence electrons. The van der Waals surface area contributed by atoms with E-state index in [2.05, 4.69) is 103 Å². The van der Waals surface area contributed by atoms with E-state index in [4.69, 9.17) is 11.5 Å². The van der Waals surface area contributed by atoms with Crippen LogP contribution in [0.2, 0.25) is 0 Å². The standard InChI is InChI=1S/2C10H16N.C6H14N2O2.C3H7O/c2*1-11(2,3)9-10-7-5-4-6-8-10;7-4-2-1-3-5(8)6(9)10;1-3(2)4/h2*4-8H,9H2,1-3H3;5H,1-4,7-8H2,(H,9,10);3H,1-2H3/q2*+1;;-1/p-1/t;;5-;/m..0./s1. The monoisotopic (exact) mass is 504 g/mol. The largest absolute Gasteiger partial charge is 0.852 e. The Labute approximate surface area is 220 Å². The van der Waals surface area contributed by atoms with Gasteiger partial charge in [-0.05, 0) is 19.4 Å². The van der Waals surface area contributed by atoms with Crippen molar-refractivity contribution in [2.24, 2.45) is 11.5 Å². The zero-order chi connectivity index (χ0) is 28.2. The Morgan fingerprint density at radius 3 is 1.36 bits per heavy atom. The lowest BCUT2D eigenvalue weighted by Gasteiger charge is -2.23. The summed E-state index contributed by atoms with van der Waals surface area (Å²) in [7, 11) is 13.2. The highest BCUT2D eigenvalue weighted by molar-refractivity contribution is 5.70. The van der Waals surface area contributed by atoms with E-state index in [0.29, 0.717) is 13.0 Å². The number of benzene rings is 2. The van der Waals surface area contributed by atoms with Crippen LogP contribution in [0.3, 0.4) is 0 Å². The first-order valence-corrected chi connectivity index (χ1v) is 12.6. The van der Waals surface area contributed by atoms with Gasteiger partial charge < -0.3 is 35.4 Å². The first kappa shape index (κ1) is 35.9. The summed E-state index contributed by atoms with van der Waals surface area (Å²) in [5, 5.41) is 19.6. The van der Waals surface area contributed by atoms with E-state index in [1.165, 1.54) is 11.1 Å². The molecule has 0 heterocycles. The molecular weight excluding hydrogens is 452 g/mol. The van der Waals surface area contributed by atoms with Crippen LogP contribution in [-0.2, 0) is 17.9 Å². The Bertz CT molecular complexity index is 716. The van der Waals surface area contributed by atoms with Crippen molar-refractivity contribution in [3.8, 4) is 0 Å². The van der Waals surface area contributed by atoms with Gasteiger partial charge in [0.05, 0.1) is 48.3 Å². The van der Waals surface area contributed by atoms with Crippen molar-refractivity contribution in [1.29, 1.82) is 0 Å². The van der Waals surface area contributed by atoms with Crippen molar-refractivity contribution in [2.45, 2.75) is 58.3 Å². The second-order valence-corrected chi connectivity index (χ2v) is 11.1. The molecule has 36 heavy (non-hydrogen) atoms. The zero-order valence-electron chi connectivity index (χ0n) is 23.9. The number of carboxylic acids is 1. The number of carbonyl (C=O) groups excluding carboxylic acids is 1. The average Bonchev–Trinajstić information content (AvgIpc) is 2.73. The summed E-state index contributed by atoms with van der Waals surface area (Å²) in [4.78, 5) is 10.0. The minimum Gasteiger partial charge on any atom is -0.852 e. The molecule has 0 amide bonds. The Kier molecular flexibility index (Phi) is 19.8. The van der Waals surface area contributed by atoms with Gasteiger partial charge >= 0.3 is 0 Å². The average molecular weight is 505 g/mol. The van der Waals surface area contributed by atoms with Crippen LogP contribution < -0.4 is 21.7 Å². The second-order valence-electron chi connectivity index (χ2n) is 11.1. The molecule has 7 heteroatoms. The Balaban J connectivity index is 0. The molecule has 0 saturated heterocycles. The third-order valence-electron chi connectivity index (χ3n) is 4.27. The summed E-state index contributed by atoms with van der Waals surface area (Å²) >= 11 is 0. The van der Waals surface area contributed by atoms with Gasteiger partial charge in [-0.3, -0.25) is 0 Å². The number of quaternary nitrogens is 2. The van der Waals surface area contributed by atoms with Crippen LogP contribution in [0.4, 0.5) is 0 Å². The van der Waals surface area contributed by atoms with Gasteiger partial charge in [0.25, 0.3) is 0 Å². The Hall–Kier alpha value is -2.29. The minimum atomic E-state index is -1.18. The number of rotatable bonds is 9. The van der Waals surface area contributed by atoms with E-state index in [0.717, 1.165) is 34.9 Å². The molecule has 0 aliphatic heterocycles. The van der Waals surface area contributed by atoms with Gasteiger partial charge in [0.2, 0.25) is 0 Å². The number of hydrogen-bond donors (Lipinski definition) is 2. The molecule has 2 aromatic carbocycles. The van der Waals surface area contributed by atoms with Crippen molar-refractivity contribution in [3.05, 3.63) is 71.8 Å². The van der Waals surface area contributed by atoms with E-state index in [-0.39, 0.29) is 0 Å². The van der Waals surface area contributed by atoms with Crippen LogP contribution in [0, 0.1) is 0 Å². The molecule has 0 aliphatic carbocycles. The molecule has 0 unspecified atom stereocenters. The van der Waals surface area contributed by atoms with Crippen molar-refractivity contribution in [3.63, 3.8) is 0 Å². The van der Waals surface area contributed by atoms with Crippen molar-refractivity contribution < 1.29 is 24.0 Å². The van der Waals surface area contributed by atoms with Crippen molar-refractivity contribution in [2.75, 3.05) is 48.8 Å². The lowest BCUT2D eigenvalue weighted by molar-refractivity contribution is -0.884. The van der Waals surface area contributed by atoms with E-state index in [1.807, 2.05) is 0 Å². The number of aliphatic carboxylic acids is 1. The maximum Gasteiger partial charge on any atom is 0.104 e. The molecule has 0 radical (unpaired) electrons. The molecule has 0 fully saturated rings. The van der Waals surface area contributed by atoms with Crippen LogP contribution in [0.15, 0.2) is 60.7 Å². The quantitative estimate of drug-likeness (QED) is 0.399. The van der Waals surface area contributed by atoms with Crippen LogP contribution in [0.1, 0.15) is 44.2 Å². The number of carboxylic acid groups (broad SMARTS) is 1. The van der Waals surface area contributed by atoms with Gasteiger partial charge in [0.15, 0.2) is 0 Å². The zero-order valence-corrected chi connectivity index (χ0v) is 23.9. The number of nitrogens with zero attached hydrogens (tertiary/aromatic N) is 2. The van der Waals surface area contributed by atoms with E-state index in [1.54, 1.807) is 13.8 Å². The van der Waals surface area contributed by atoms with Crippen LogP contribution in [0.25, 0.3) is 0 Å². The molecule has 0 aromatic heterocycles. The number of unbranched alkanes of at least 4 members (excludes halogenated alkanes) is 1. The predicted octanol–water partition coefficient (Wildman–Crippen LogP) is 1.73. The van der Waals surface area contributed by atoms with Gasteiger partial charge in [-0.2, -0.15) is 0 Å². The normalized spacial score (nSPS) is 11.7. The smallest absolute Gasteiger partial charge is 0.104 e. The molecule has 7 nitrogen and oxygen atoms in total. The highest BCUT2D eigenvalue weighted by Gasteiger charge is 2.07. The molecule has 0 aliphatic rings. The van der Waals surface area contributed by atoms with Gasteiger partial charge in [0, 0.05) is 17.2 Å². The summed E-state index contributed by atoms with van der Waals surface area (Å²) in [5.74, 6) is -1.18. The third-order valence-corrected chi connectivity index (χ3v) is 4.27. The summed E-state index contributed by atoms with van der Waals surface area (Å²) in [6, 6.07) is 20.3. The van der Waals surface area contributed by atoms with Gasteiger partial charge in [-0.25, -0.2) is 0 Å². The maximum absolute atomic E-state index is 10.0. The fraction of sp³-hybridized carbons (Fsp3) is 0.552. The fourth-order valence-corrected chi connectivity index (χ4v) is 2.89. The van der Waals surface area contributed by atoms with Crippen LogP contribution in [0.5, 0.6) is 0 Å². The highest BCUT2D eigenvalue weighted by Crippen LogP contribution is 2.06. The second kappa shape index (κ2) is 19.8. The summed E-state index contributed by atoms with van der Waals surface area (Å²) in [6.07, 6.45) is 1.62. The van der Waals surface area contributed by atoms with E-state index >= 15 is 0 Å². The molecule has 2 aromatic rings. The van der Waals surface area contributed by atoms with Crippen LogP contribution in [-0.4, -0.2) is 75.9 Å². The molecule has 0 bridgehead atoms. The first-order chi connectivity index (χ1) is 16.6. The lowest BCUT2D eigenvalue weighted by Crippen LogP contribution is -2.41. The lowest BCUT2D eigenvalue weighted by atomic mass is 10.1.